The summed E-state index contributed by atoms with van der Waals surface area (Å²) in [5.41, 5.74) is 2.70. The molecule has 2 bridgehead atoms. The van der Waals surface area contributed by atoms with E-state index in [-0.39, 0.29) is 0 Å². The van der Waals surface area contributed by atoms with Gasteiger partial charge in [0.05, 0.1) is 0 Å². The summed E-state index contributed by atoms with van der Waals surface area (Å²) < 4.78 is 1.24. The van der Waals surface area contributed by atoms with E-state index >= 15 is 0 Å². The van der Waals surface area contributed by atoms with Crippen LogP contribution in [-0.4, -0.2) is 6.54 Å². The summed E-state index contributed by atoms with van der Waals surface area (Å²) in [5, 5.41) is 3.66. The van der Waals surface area contributed by atoms with E-state index in [0.717, 1.165) is 24.3 Å². The van der Waals surface area contributed by atoms with Crippen LogP contribution in [0.25, 0.3) is 0 Å². The van der Waals surface area contributed by atoms with Crippen LogP contribution in [0.15, 0.2) is 22.7 Å². The fourth-order valence-electron chi connectivity index (χ4n) is 3.81. The van der Waals surface area contributed by atoms with Crippen molar-refractivity contribution in [3.05, 3.63) is 33.8 Å². The molecule has 2 fully saturated rings. The Bertz CT molecular complexity index is 429. The van der Waals surface area contributed by atoms with Crippen LogP contribution >= 0.6 is 15.9 Å². The minimum Gasteiger partial charge on any atom is -0.312 e. The maximum Gasteiger partial charge on any atom is 0.0222 e. The van der Waals surface area contributed by atoms with Crippen LogP contribution in [0.2, 0.25) is 0 Å². The molecule has 0 spiro atoms. The zero-order valence-corrected chi connectivity index (χ0v) is 12.7. The topological polar surface area (TPSA) is 12.0 Å². The molecule has 0 heterocycles. The maximum absolute atomic E-state index is 3.66. The van der Waals surface area contributed by atoms with Gasteiger partial charge in [-0.3, -0.25) is 0 Å². The Balaban J connectivity index is 1.50. The van der Waals surface area contributed by atoms with Crippen molar-refractivity contribution < 1.29 is 0 Å². The van der Waals surface area contributed by atoms with E-state index in [4.69, 9.17) is 0 Å². The van der Waals surface area contributed by atoms with E-state index in [0.29, 0.717) is 0 Å². The quantitative estimate of drug-likeness (QED) is 0.875. The van der Waals surface area contributed by atoms with Crippen LogP contribution in [0.1, 0.15) is 36.8 Å². The van der Waals surface area contributed by atoms with Crippen LogP contribution in [0, 0.1) is 24.7 Å². The first-order valence-electron chi connectivity index (χ1n) is 7.18. The lowest BCUT2D eigenvalue weighted by Crippen LogP contribution is -2.26. The van der Waals surface area contributed by atoms with Crippen molar-refractivity contribution in [1.29, 1.82) is 0 Å². The fourth-order valence-corrected chi connectivity index (χ4v) is 4.45. The summed E-state index contributed by atoms with van der Waals surface area (Å²) in [5.74, 6) is 3.05. The molecule has 3 unspecified atom stereocenters. The average Bonchev–Trinajstić information content (AvgIpc) is 2.94. The van der Waals surface area contributed by atoms with Gasteiger partial charge in [-0.05, 0) is 67.7 Å². The molecule has 1 N–H and O–H groups in total. The molecule has 1 aromatic rings. The van der Waals surface area contributed by atoms with Gasteiger partial charge >= 0.3 is 0 Å². The molecule has 2 aliphatic rings. The first-order chi connectivity index (χ1) is 8.72. The SMILES string of the molecule is Cc1ccc(CNCC2CC3CCC2C3)c(Br)c1. The van der Waals surface area contributed by atoms with Gasteiger partial charge < -0.3 is 5.32 Å². The van der Waals surface area contributed by atoms with Crippen LogP contribution in [0.3, 0.4) is 0 Å². The lowest BCUT2D eigenvalue weighted by molar-refractivity contribution is 0.318. The molecular weight excluding hydrogens is 286 g/mol. The Morgan fingerprint density at radius 1 is 1.28 bits per heavy atom. The van der Waals surface area contributed by atoms with Crippen LogP contribution in [0.5, 0.6) is 0 Å². The van der Waals surface area contributed by atoms with Gasteiger partial charge in [-0.15, -0.1) is 0 Å². The number of aryl methyl sites for hydroxylation is 1. The summed E-state index contributed by atoms with van der Waals surface area (Å²) in [6, 6.07) is 6.63. The third-order valence-corrected chi connectivity index (χ3v) is 5.55. The predicted octanol–water partition coefficient (Wildman–Crippen LogP) is 4.28. The fraction of sp³-hybridized carbons (Fsp3) is 0.625. The smallest absolute Gasteiger partial charge is 0.0222 e. The summed E-state index contributed by atoms with van der Waals surface area (Å²) in [6.45, 7) is 4.34. The van der Waals surface area contributed by atoms with E-state index in [2.05, 4.69) is 46.4 Å². The van der Waals surface area contributed by atoms with Crippen LogP contribution < -0.4 is 5.32 Å². The summed E-state index contributed by atoms with van der Waals surface area (Å²) in [6.07, 6.45) is 5.99. The molecule has 1 nitrogen and oxygen atoms in total. The van der Waals surface area contributed by atoms with Gasteiger partial charge in [0.2, 0.25) is 0 Å². The number of fused-ring (bicyclic) bond motifs is 2. The standard InChI is InChI=1S/C16H22BrN/c1-11-2-4-14(16(17)6-11)9-18-10-15-8-12-3-5-13(15)7-12/h2,4,6,12-13,15,18H,3,5,7-10H2,1H3. The molecular formula is C16H22BrN. The number of halogens is 1. The van der Waals surface area contributed by atoms with Crippen molar-refractivity contribution in [1.82, 2.24) is 5.32 Å². The molecule has 0 saturated heterocycles. The predicted molar refractivity (Wildman–Crippen MR) is 79.5 cm³/mol. The van der Waals surface area contributed by atoms with Crippen molar-refractivity contribution in [2.24, 2.45) is 17.8 Å². The minimum absolute atomic E-state index is 0.952. The van der Waals surface area contributed by atoms with E-state index in [1.165, 1.54) is 47.8 Å². The Morgan fingerprint density at radius 3 is 2.83 bits per heavy atom. The number of hydrogen-bond donors (Lipinski definition) is 1. The highest BCUT2D eigenvalue weighted by Gasteiger charge is 2.38. The van der Waals surface area contributed by atoms with Crippen molar-refractivity contribution in [2.75, 3.05) is 6.54 Å². The summed E-state index contributed by atoms with van der Waals surface area (Å²) >= 11 is 3.65. The van der Waals surface area contributed by atoms with Gasteiger partial charge in [0.15, 0.2) is 0 Å². The van der Waals surface area contributed by atoms with Crippen LogP contribution in [-0.2, 0) is 6.54 Å². The Morgan fingerprint density at radius 2 is 2.17 bits per heavy atom. The second-order valence-corrected chi connectivity index (χ2v) is 7.02. The van der Waals surface area contributed by atoms with Crippen LogP contribution in [0.4, 0.5) is 0 Å². The number of rotatable bonds is 4. The number of benzene rings is 1. The van der Waals surface area contributed by atoms with Gasteiger partial charge in [0.1, 0.15) is 0 Å². The highest BCUT2D eigenvalue weighted by Crippen LogP contribution is 2.47. The third kappa shape index (κ3) is 2.65. The van der Waals surface area contributed by atoms with Gasteiger partial charge in [0.25, 0.3) is 0 Å². The van der Waals surface area contributed by atoms with Gasteiger partial charge in [-0.2, -0.15) is 0 Å². The Labute approximate surface area is 118 Å². The van der Waals surface area contributed by atoms with Crippen molar-refractivity contribution in [2.45, 2.75) is 39.2 Å². The zero-order chi connectivity index (χ0) is 12.5. The molecule has 0 radical (unpaired) electrons. The molecule has 0 aliphatic heterocycles. The zero-order valence-electron chi connectivity index (χ0n) is 11.1. The average molecular weight is 308 g/mol. The molecule has 3 atom stereocenters. The molecule has 3 rings (SSSR count). The molecule has 2 saturated carbocycles. The van der Waals surface area contributed by atoms with Crippen molar-refractivity contribution >= 4 is 15.9 Å². The van der Waals surface area contributed by atoms with Crippen molar-refractivity contribution in [3.63, 3.8) is 0 Å². The third-order valence-electron chi connectivity index (χ3n) is 4.82. The van der Waals surface area contributed by atoms with Gasteiger partial charge in [0, 0.05) is 11.0 Å². The first kappa shape index (κ1) is 12.7. The molecule has 0 aromatic heterocycles. The van der Waals surface area contributed by atoms with Gasteiger partial charge in [-0.1, -0.05) is 34.5 Å². The summed E-state index contributed by atoms with van der Waals surface area (Å²) in [7, 11) is 0. The lowest BCUT2D eigenvalue weighted by atomic mass is 9.89. The Hall–Kier alpha value is -0.340. The maximum atomic E-state index is 3.66. The minimum atomic E-state index is 0.952. The highest BCUT2D eigenvalue weighted by molar-refractivity contribution is 9.10. The van der Waals surface area contributed by atoms with E-state index in [1.54, 1.807) is 0 Å². The van der Waals surface area contributed by atoms with Gasteiger partial charge in [-0.25, -0.2) is 0 Å². The number of nitrogens with one attached hydrogen (secondary N) is 1. The largest absolute Gasteiger partial charge is 0.312 e. The normalized spacial score (nSPS) is 30.0. The van der Waals surface area contributed by atoms with Crippen molar-refractivity contribution in [3.8, 4) is 0 Å². The van der Waals surface area contributed by atoms with E-state index < -0.39 is 0 Å². The lowest BCUT2D eigenvalue weighted by Gasteiger charge is -2.22. The molecule has 0 amide bonds. The van der Waals surface area contributed by atoms with E-state index in [9.17, 15) is 0 Å². The Kier molecular flexibility index (Phi) is 3.76. The highest BCUT2D eigenvalue weighted by atomic mass is 79.9. The molecule has 2 aliphatic carbocycles. The first-order valence-corrected chi connectivity index (χ1v) is 7.97. The van der Waals surface area contributed by atoms with E-state index in [1.807, 2.05) is 0 Å². The summed E-state index contributed by atoms with van der Waals surface area (Å²) in [4.78, 5) is 0. The number of hydrogen-bond acceptors (Lipinski definition) is 1. The molecule has 18 heavy (non-hydrogen) atoms. The monoisotopic (exact) mass is 307 g/mol. The molecule has 2 heteroatoms. The second-order valence-electron chi connectivity index (χ2n) is 6.16. The second kappa shape index (κ2) is 5.34. The molecule has 98 valence electrons. The molecule has 1 aromatic carbocycles.